The van der Waals surface area contributed by atoms with Crippen molar-refractivity contribution in [3.63, 3.8) is 0 Å². The summed E-state index contributed by atoms with van der Waals surface area (Å²) in [5, 5.41) is 10.6. The monoisotopic (exact) mass is 409 g/mol. The third-order valence-electron chi connectivity index (χ3n) is 4.26. The molecule has 1 aromatic heterocycles. The molecule has 6 nitrogen and oxygen atoms in total. The molecule has 150 valence electrons. The van der Waals surface area contributed by atoms with Gasteiger partial charge in [-0.2, -0.15) is 0 Å². The zero-order valence-corrected chi connectivity index (χ0v) is 17.7. The molecule has 3 aromatic rings. The van der Waals surface area contributed by atoms with Crippen molar-refractivity contribution in [1.29, 1.82) is 0 Å². The third-order valence-corrected chi connectivity index (χ3v) is 5.08. The summed E-state index contributed by atoms with van der Waals surface area (Å²) in [6.07, 6.45) is 0. The predicted molar refractivity (Wildman–Crippen MR) is 113 cm³/mol. The minimum absolute atomic E-state index is 0.00126. The Balaban J connectivity index is 1.54. The number of hydrogen-bond donors (Lipinski definition) is 1. The first-order valence-electron chi connectivity index (χ1n) is 9.20. The number of benzene rings is 2. The Labute approximate surface area is 174 Å². The number of amides is 2. The van der Waals surface area contributed by atoms with Crippen molar-refractivity contribution in [2.24, 2.45) is 0 Å². The van der Waals surface area contributed by atoms with Crippen LogP contribution < -0.4 is 5.32 Å². The van der Waals surface area contributed by atoms with E-state index in [-0.39, 0.29) is 16.4 Å². The Morgan fingerprint density at radius 2 is 1.79 bits per heavy atom. The van der Waals surface area contributed by atoms with Crippen LogP contribution in [-0.4, -0.2) is 27.8 Å². The zero-order valence-electron chi connectivity index (χ0n) is 16.9. The molecule has 1 heterocycles. The molecule has 3 rings (SSSR count). The van der Waals surface area contributed by atoms with Crippen molar-refractivity contribution in [3.05, 3.63) is 65.2 Å². The average molecular weight is 410 g/mol. The summed E-state index contributed by atoms with van der Waals surface area (Å²) in [5.74, 6) is -0.453. The number of nitrogens with one attached hydrogen (secondary N) is 1. The molecule has 7 heteroatoms. The molecule has 0 atom stereocenters. The maximum absolute atomic E-state index is 12.3. The second-order valence-electron chi connectivity index (χ2n) is 7.74. The van der Waals surface area contributed by atoms with Gasteiger partial charge in [0.25, 0.3) is 11.1 Å². The van der Waals surface area contributed by atoms with E-state index in [1.165, 1.54) is 0 Å². The van der Waals surface area contributed by atoms with Gasteiger partial charge in [0, 0.05) is 11.1 Å². The zero-order chi connectivity index (χ0) is 21.0. The molecule has 0 saturated carbocycles. The summed E-state index contributed by atoms with van der Waals surface area (Å²) in [7, 11) is 0. The second-order valence-corrected chi connectivity index (χ2v) is 8.66. The lowest BCUT2D eigenvalue weighted by atomic mass is 9.87. The van der Waals surface area contributed by atoms with Crippen molar-refractivity contribution in [2.75, 3.05) is 5.75 Å². The van der Waals surface area contributed by atoms with Gasteiger partial charge in [0.05, 0.1) is 5.75 Å². The third kappa shape index (κ3) is 5.54. The summed E-state index contributed by atoms with van der Waals surface area (Å²) >= 11 is 1.09. The molecule has 0 bridgehead atoms. The van der Waals surface area contributed by atoms with E-state index in [0.29, 0.717) is 11.5 Å². The van der Waals surface area contributed by atoms with Gasteiger partial charge in [-0.25, -0.2) is 0 Å². The normalized spacial score (nSPS) is 11.3. The van der Waals surface area contributed by atoms with Crippen LogP contribution in [0.3, 0.4) is 0 Å². The van der Waals surface area contributed by atoms with Gasteiger partial charge in [0.15, 0.2) is 0 Å². The highest BCUT2D eigenvalue weighted by Crippen LogP contribution is 2.24. The molecular formula is C22H23N3O3S. The Morgan fingerprint density at radius 1 is 1.07 bits per heavy atom. The lowest BCUT2D eigenvalue weighted by Gasteiger charge is -2.18. The van der Waals surface area contributed by atoms with Crippen LogP contribution in [0.5, 0.6) is 0 Å². The van der Waals surface area contributed by atoms with E-state index in [9.17, 15) is 9.59 Å². The van der Waals surface area contributed by atoms with E-state index in [2.05, 4.69) is 36.3 Å². The number of aryl methyl sites for hydroxylation is 1. The summed E-state index contributed by atoms with van der Waals surface area (Å²) in [5.41, 5.74) is 3.47. The fraction of sp³-hybridized carbons (Fsp3) is 0.273. The number of nitrogens with zero attached hydrogens (tertiary/aromatic N) is 2. The van der Waals surface area contributed by atoms with Crippen molar-refractivity contribution >= 4 is 23.6 Å². The quantitative estimate of drug-likeness (QED) is 0.629. The average Bonchev–Trinajstić information content (AvgIpc) is 3.15. The lowest BCUT2D eigenvalue weighted by Crippen LogP contribution is -2.31. The molecule has 29 heavy (non-hydrogen) atoms. The number of imide groups is 1. The Hall–Kier alpha value is -2.93. The first-order valence-corrected chi connectivity index (χ1v) is 10.2. The Morgan fingerprint density at radius 3 is 2.45 bits per heavy atom. The van der Waals surface area contributed by atoms with Crippen LogP contribution in [0.1, 0.15) is 42.3 Å². The molecule has 2 aromatic carbocycles. The molecule has 0 aliphatic heterocycles. The summed E-state index contributed by atoms with van der Waals surface area (Å²) in [6.45, 7) is 8.29. The number of thioether (sulfide) groups is 1. The minimum Gasteiger partial charge on any atom is -0.411 e. The van der Waals surface area contributed by atoms with Crippen LogP contribution in [0.2, 0.25) is 0 Å². The largest absolute Gasteiger partial charge is 0.411 e. The van der Waals surface area contributed by atoms with Gasteiger partial charge >= 0.3 is 0 Å². The van der Waals surface area contributed by atoms with Crippen molar-refractivity contribution < 1.29 is 14.0 Å². The topological polar surface area (TPSA) is 85.1 Å². The van der Waals surface area contributed by atoms with Crippen LogP contribution >= 0.6 is 11.8 Å². The molecule has 0 radical (unpaired) electrons. The summed E-state index contributed by atoms with van der Waals surface area (Å²) < 4.78 is 5.59. The van der Waals surface area contributed by atoms with Gasteiger partial charge in [-0.15, -0.1) is 10.2 Å². The van der Waals surface area contributed by atoms with Gasteiger partial charge in [-0.3, -0.25) is 14.9 Å². The lowest BCUT2D eigenvalue weighted by molar-refractivity contribution is -0.117. The van der Waals surface area contributed by atoms with Gasteiger partial charge in [-0.05, 0) is 42.2 Å². The van der Waals surface area contributed by atoms with Crippen LogP contribution in [-0.2, 0) is 10.2 Å². The van der Waals surface area contributed by atoms with Crippen molar-refractivity contribution in [3.8, 4) is 11.5 Å². The highest BCUT2D eigenvalue weighted by Gasteiger charge is 2.16. The molecule has 0 fully saturated rings. The Kier molecular flexibility index (Phi) is 6.17. The second kappa shape index (κ2) is 8.61. The van der Waals surface area contributed by atoms with E-state index >= 15 is 0 Å². The van der Waals surface area contributed by atoms with Gasteiger partial charge in [0.1, 0.15) is 0 Å². The summed E-state index contributed by atoms with van der Waals surface area (Å²) in [6, 6.07) is 15.0. The van der Waals surface area contributed by atoms with Crippen LogP contribution in [0.4, 0.5) is 0 Å². The standard InChI is InChI=1S/C22H23N3O3S/c1-14-6-5-7-16(12-14)20-24-25-21(28-20)29-13-18(26)23-19(27)15-8-10-17(11-9-15)22(2,3)4/h5-12H,13H2,1-4H3,(H,23,26,27). The first kappa shape index (κ1) is 20.8. The highest BCUT2D eigenvalue weighted by molar-refractivity contribution is 7.99. The number of aromatic nitrogens is 2. The fourth-order valence-electron chi connectivity index (χ4n) is 2.65. The number of carbonyl (C=O) groups is 2. The SMILES string of the molecule is Cc1cccc(-c2nnc(SCC(=O)NC(=O)c3ccc(C(C)(C)C)cc3)o2)c1. The maximum Gasteiger partial charge on any atom is 0.277 e. The fourth-order valence-corrected chi connectivity index (χ4v) is 3.21. The smallest absolute Gasteiger partial charge is 0.277 e. The Bertz CT molecular complexity index is 1020. The van der Waals surface area contributed by atoms with E-state index in [4.69, 9.17) is 4.42 Å². The van der Waals surface area contributed by atoms with Crippen LogP contribution in [0.25, 0.3) is 11.5 Å². The van der Waals surface area contributed by atoms with E-state index in [0.717, 1.165) is 28.5 Å². The molecule has 2 amide bonds. The predicted octanol–water partition coefficient (Wildman–Crippen LogP) is 4.39. The van der Waals surface area contributed by atoms with E-state index in [1.807, 2.05) is 43.3 Å². The molecule has 0 aliphatic rings. The van der Waals surface area contributed by atoms with Crippen molar-refractivity contribution in [2.45, 2.75) is 38.3 Å². The van der Waals surface area contributed by atoms with Crippen LogP contribution in [0, 0.1) is 6.92 Å². The molecule has 0 saturated heterocycles. The highest BCUT2D eigenvalue weighted by atomic mass is 32.2. The van der Waals surface area contributed by atoms with E-state index in [1.54, 1.807) is 12.1 Å². The maximum atomic E-state index is 12.3. The van der Waals surface area contributed by atoms with Gasteiger partial charge in [0.2, 0.25) is 11.8 Å². The van der Waals surface area contributed by atoms with E-state index < -0.39 is 11.8 Å². The molecule has 0 spiro atoms. The molecule has 0 aliphatic carbocycles. The number of hydrogen-bond acceptors (Lipinski definition) is 6. The minimum atomic E-state index is -0.429. The van der Waals surface area contributed by atoms with Crippen LogP contribution in [0.15, 0.2) is 58.2 Å². The molecule has 1 N–H and O–H groups in total. The molecule has 0 unspecified atom stereocenters. The number of rotatable bonds is 5. The van der Waals surface area contributed by atoms with Crippen molar-refractivity contribution in [1.82, 2.24) is 15.5 Å². The molecular weight excluding hydrogens is 386 g/mol. The van der Waals surface area contributed by atoms with Gasteiger partial charge < -0.3 is 4.42 Å². The first-order chi connectivity index (χ1) is 13.7. The number of carbonyl (C=O) groups excluding carboxylic acids is 2. The van der Waals surface area contributed by atoms with Gasteiger partial charge in [-0.1, -0.05) is 62.4 Å². The summed E-state index contributed by atoms with van der Waals surface area (Å²) in [4.78, 5) is 24.4.